The van der Waals surface area contributed by atoms with Crippen LogP contribution >= 0.6 is 11.8 Å². The monoisotopic (exact) mass is 301 g/mol. The number of benzene rings is 1. The number of fused-ring (bicyclic) bond motifs is 1. The van der Waals surface area contributed by atoms with Crippen LogP contribution in [0.4, 0.5) is 5.69 Å². The number of anilines is 1. The van der Waals surface area contributed by atoms with Crippen molar-refractivity contribution in [1.82, 2.24) is 9.55 Å². The van der Waals surface area contributed by atoms with E-state index in [9.17, 15) is 0 Å². The average Bonchev–Trinajstić information content (AvgIpc) is 3.13. The van der Waals surface area contributed by atoms with E-state index in [4.69, 9.17) is 10.7 Å². The van der Waals surface area contributed by atoms with Gasteiger partial charge in [0.1, 0.15) is 5.82 Å². The number of aromatic nitrogens is 2. The lowest BCUT2D eigenvalue weighted by molar-refractivity contribution is 0.501. The second kappa shape index (κ2) is 4.94. The first-order chi connectivity index (χ1) is 10.2. The molecule has 0 aliphatic heterocycles. The average molecular weight is 301 g/mol. The van der Waals surface area contributed by atoms with Crippen LogP contribution in [0.25, 0.3) is 11.0 Å². The molecule has 2 N–H and O–H groups in total. The van der Waals surface area contributed by atoms with Gasteiger partial charge < -0.3 is 10.3 Å². The van der Waals surface area contributed by atoms with Crippen LogP contribution in [0.5, 0.6) is 0 Å². The molecule has 2 fully saturated rings. The molecule has 3 nitrogen and oxygen atoms in total. The maximum atomic E-state index is 5.94. The minimum atomic E-state index is 0.415. The molecule has 0 bridgehead atoms. The lowest BCUT2D eigenvalue weighted by atomic mass is 10.1. The Morgan fingerprint density at radius 3 is 2.76 bits per heavy atom. The van der Waals surface area contributed by atoms with Crippen molar-refractivity contribution in [2.24, 2.45) is 0 Å². The summed E-state index contributed by atoms with van der Waals surface area (Å²) in [5.41, 5.74) is 9.10. The van der Waals surface area contributed by atoms with Crippen LogP contribution in [0.1, 0.15) is 50.3 Å². The third kappa shape index (κ3) is 2.33. The van der Waals surface area contributed by atoms with Gasteiger partial charge in [0.25, 0.3) is 0 Å². The first-order valence-electron chi connectivity index (χ1n) is 8.02. The zero-order valence-electron chi connectivity index (χ0n) is 12.6. The third-order valence-electron chi connectivity index (χ3n) is 5.14. The number of nitrogen functional groups attached to an aromatic ring is 1. The van der Waals surface area contributed by atoms with Crippen molar-refractivity contribution in [3.8, 4) is 0 Å². The summed E-state index contributed by atoms with van der Waals surface area (Å²) < 4.78 is 2.92. The van der Waals surface area contributed by atoms with E-state index in [0.29, 0.717) is 10.7 Å². The van der Waals surface area contributed by atoms with Crippen molar-refractivity contribution >= 4 is 28.5 Å². The Morgan fingerprint density at radius 1 is 1.33 bits per heavy atom. The standard InChI is InChI=1S/C17H23N3S/c1-21-17(8-2-3-9-17)11-20-15-7-6-13(18)10-14(15)19-16(20)12-4-5-12/h6-7,10,12H,2-5,8-9,11,18H2,1H3. The molecular weight excluding hydrogens is 278 g/mol. The number of hydrogen-bond acceptors (Lipinski definition) is 3. The van der Waals surface area contributed by atoms with Gasteiger partial charge in [0.2, 0.25) is 0 Å². The van der Waals surface area contributed by atoms with E-state index in [1.165, 1.54) is 49.9 Å². The summed E-state index contributed by atoms with van der Waals surface area (Å²) in [7, 11) is 0. The molecule has 1 heterocycles. The predicted molar refractivity (Wildman–Crippen MR) is 90.8 cm³/mol. The van der Waals surface area contributed by atoms with Gasteiger partial charge in [-0.15, -0.1) is 0 Å². The van der Waals surface area contributed by atoms with Gasteiger partial charge in [-0.2, -0.15) is 11.8 Å². The molecule has 4 rings (SSSR count). The molecule has 4 heteroatoms. The second-order valence-corrected chi connectivity index (χ2v) is 7.95. The molecule has 2 aliphatic rings. The van der Waals surface area contributed by atoms with Crippen molar-refractivity contribution in [2.75, 3.05) is 12.0 Å². The highest BCUT2D eigenvalue weighted by atomic mass is 32.2. The maximum absolute atomic E-state index is 5.94. The Hall–Kier alpha value is -1.16. The van der Waals surface area contributed by atoms with E-state index >= 15 is 0 Å². The highest BCUT2D eigenvalue weighted by Crippen LogP contribution is 2.45. The number of hydrogen-bond donors (Lipinski definition) is 1. The van der Waals surface area contributed by atoms with Gasteiger partial charge in [-0.05, 0) is 50.1 Å². The van der Waals surface area contributed by atoms with Gasteiger partial charge in [-0.1, -0.05) is 12.8 Å². The molecule has 2 aromatic rings. The number of thioether (sulfide) groups is 1. The minimum absolute atomic E-state index is 0.415. The van der Waals surface area contributed by atoms with E-state index in [-0.39, 0.29) is 0 Å². The lowest BCUT2D eigenvalue weighted by Gasteiger charge is -2.28. The van der Waals surface area contributed by atoms with Crippen LogP contribution in [0.3, 0.4) is 0 Å². The van der Waals surface area contributed by atoms with Crippen LogP contribution in [0.15, 0.2) is 18.2 Å². The van der Waals surface area contributed by atoms with Crippen LogP contribution in [0, 0.1) is 0 Å². The number of rotatable bonds is 4. The summed E-state index contributed by atoms with van der Waals surface area (Å²) >= 11 is 2.06. The Morgan fingerprint density at radius 2 is 2.10 bits per heavy atom. The number of nitrogens with zero attached hydrogens (tertiary/aromatic N) is 2. The van der Waals surface area contributed by atoms with E-state index in [2.05, 4.69) is 28.7 Å². The molecule has 1 aromatic carbocycles. The summed E-state index contributed by atoms with van der Waals surface area (Å²) in [6.07, 6.45) is 10.3. The fraction of sp³-hybridized carbons (Fsp3) is 0.588. The summed E-state index contributed by atoms with van der Waals surface area (Å²) in [6.45, 7) is 1.11. The first-order valence-corrected chi connectivity index (χ1v) is 9.24. The van der Waals surface area contributed by atoms with Gasteiger partial charge in [-0.3, -0.25) is 0 Å². The van der Waals surface area contributed by atoms with Crippen molar-refractivity contribution in [3.05, 3.63) is 24.0 Å². The Labute approximate surface area is 130 Å². The quantitative estimate of drug-likeness (QED) is 0.862. The molecule has 2 aliphatic carbocycles. The van der Waals surface area contributed by atoms with E-state index in [1.807, 2.05) is 12.1 Å². The zero-order valence-corrected chi connectivity index (χ0v) is 13.5. The van der Waals surface area contributed by atoms with Gasteiger partial charge >= 0.3 is 0 Å². The van der Waals surface area contributed by atoms with Gasteiger partial charge in [0, 0.05) is 22.9 Å². The SMILES string of the molecule is CSC1(Cn2c(C3CC3)nc3cc(N)ccc32)CCCC1. The Bertz CT molecular complexity index is 666. The van der Waals surface area contributed by atoms with Gasteiger partial charge in [0.05, 0.1) is 11.0 Å². The Balaban J connectivity index is 1.80. The van der Waals surface area contributed by atoms with Crippen LogP contribution < -0.4 is 5.73 Å². The lowest BCUT2D eigenvalue weighted by Crippen LogP contribution is -2.27. The Kier molecular flexibility index (Phi) is 3.18. The summed E-state index contributed by atoms with van der Waals surface area (Å²) in [5.74, 6) is 1.98. The highest BCUT2D eigenvalue weighted by Gasteiger charge is 2.37. The highest BCUT2D eigenvalue weighted by molar-refractivity contribution is 8.00. The predicted octanol–water partition coefficient (Wildman–Crippen LogP) is 4.17. The zero-order chi connectivity index (χ0) is 14.4. The van der Waals surface area contributed by atoms with Crippen molar-refractivity contribution in [1.29, 1.82) is 0 Å². The normalized spacial score (nSPS) is 21.2. The second-order valence-electron chi connectivity index (χ2n) is 6.67. The van der Waals surface area contributed by atoms with E-state index < -0.39 is 0 Å². The molecule has 0 atom stereocenters. The van der Waals surface area contributed by atoms with Crippen LogP contribution in [-0.4, -0.2) is 20.6 Å². The molecule has 0 amide bonds. The molecule has 1 aromatic heterocycles. The topological polar surface area (TPSA) is 43.8 Å². The summed E-state index contributed by atoms with van der Waals surface area (Å²) in [4.78, 5) is 4.92. The van der Waals surface area contributed by atoms with Crippen LogP contribution in [-0.2, 0) is 6.54 Å². The number of nitrogens with two attached hydrogens (primary N) is 1. The molecule has 0 spiro atoms. The largest absolute Gasteiger partial charge is 0.399 e. The van der Waals surface area contributed by atoms with Crippen molar-refractivity contribution in [2.45, 2.75) is 55.7 Å². The molecule has 21 heavy (non-hydrogen) atoms. The van der Waals surface area contributed by atoms with E-state index in [0.717, 1.165) is 17.7 Å². The van der Waals surface area contributed by atoms with Crippen molar-refractivity contribution < 1.29 is 0 Å². The van der Waals surface area contributed by atoms with Crippen molar-refractivity contribution in [3.63, 3.8) is 0 Å². The van der Waals surface area contributed by atoms with Gasteiger partial charge in [0.15, 0.2) is 0 Å². The summed E-state index contributed by atoms with van der Waals surface area (Å²) in [6, 6.07) is 6.20. The molecule has 0 radical (unpaired) electrons. The summed E-state index contributed by atoms with van der Waals surface area (Å²) in [5, 5.41) is 0. The smallest absolute Gasteiger partial charge is 0.113 e. The molecule has 112 valence electrons. The molecule has 2 saturated carbocycles. The maximum Gasteiger partial charge on any atom is 0.113 e. The molecule has 0 saturated heterocycles. The molecule has 0 unspecified atom stereocenters. The van der Waals surface area contributed by atoms with Gasteiger partial charge in [-0.25, -0.2) is 4.98 Å². The molecular formula is C17H23N3S. The van der Waals surface area contributed by atoms with Crippen LogP contribution in [0.2, 0.25) is 0 Å². The third-order valence-corrected chi connectivity index (χ3v) is 6.54. The van der Waals surface area contributed by atoms with E-state index in [1.54, 1.807) is 0 Å². The fourth-order valence-electron chi connectivity index (χ4n) is 3.72. The first kappa shape index (κ1) is 13.5. The number of imidazole rings is 1. The minimum Gasteiger partial charge on any atom is -0.399 e. The fourth-order valence-corrected chi connectivity index (χ4v) is 4.67.